The predicted molar refractivity (Wildman–Crippen MR) is 83.3 cm³/mol. The number of nitrogens with zero attached hydrogens (tertiary/aromatic N) is 2. The number of rotatable bonds is 3. The average molecular weight is 286 g/mol. The minimum Gasteiger partial charge on any atom is -0.343 e. The molecular formula is C16H16ClN3. The maximum Gasteiger partial charge on any atom is 0.0991 e. The number of benzene rings is 2. The highest BCUT2D eigenvalue weighted by atomic mass is 35.5. The Morgan fingerprint density at radius 2 is 1.85 bits per heavy atom. The molecule has 2 N–H and O–H groups in total. The average Bonchev–Trinajstić information content (AvgIpc) is 2.46. The first kappa shape index (κ1) is 14.4. The molecule has 1 atom stereocenters. The lowest BCUT2D eigenvalue weighted by Crippen LogP contribution is -2.11. The molecule has 0 saturated carbocycles. The van der Waals surface area contributed by atoms with Gasteiger partial charge in [0.25, 0.3) is 0 Å². The van der Waals surface area contributed by atoms with E-state index in [-0.39, 0.29) is 6.04 Å². The van der Waals surface area contributed by atoms with Crippen LogP contribution < -0.4 is 10.6 Å². The lowest BCUT2D eigenvalue weighted by Gasteiger charge is -2.21. The van der Waals surface area contributed by atoms with Crippen LogP contribution in [0.1, 0.15) is 24.1 Å². The van der Waals surface area contributed by atoms with Gasteiger partial charge in [0, 0.05) is 18.8 Å². The normalized spacial score (nSPS) is 11.8. The van der Waals surface area contributed by atoms with E-state index in [1.165, 1.54) is 0 Å². The van der Waals surface area contributed by atoms with Crippen LogP contribution in [0.25, 0.3) is 0 Å². The Balaban J connectivity index is 2.33. The fourth-order valence-corrected chi connectivity index (χ4v) is 2.29. The van der Waals surface area contributed by atoms with Crippen molar-refractivity contribution >= 4 is 23.0 Å². The fourth-order valence-electron chi connectivity index (χ4n) is 1.98. The van der Waals surface area contributed by atoms with Gasteiger partial charge in [-0.1, -0.05) is 17.7 Å². The molecule has 3 nitrogen and oxygen atoms in total. The van der Waals surface area contributed by atoms with Crippen molar-refractivity contribution in [3.63, 3.8) is 0 Å². The lowest BCUT2D eigenvalue weighted by molar-refractivity contribution is 0.818. The topological polar surface area (TPSA) is 53.0 Å². The molecular weight excluding hydrogens is 270 g/mol. The highest BCUT2D eigenvalue weighted by molar-refractivity contribution is 6.33. The summed E-state index contributed by atoms with van der Waals surface area (Å²) in [5, 5.41) is 9.47. The molecule has 1 unspecified atom stereocenters. The number of halogens is 1. The molecule has 0 saturated heterocycles. The molecule has 102 valence electrons. The summed E-state index contributed by atoms with van der Waals surface area (Å²) in [7, 11) is 1.94. The predicted octanol–water partition coefficient (Wildman–Crippen LogP) is 4.00. The molecule has 0 spiro atoms. The zero-order chi connectivity index (χ0) is 14.7. The van der Waals surface area contributed by atoms with Crippen LogP contribution >= 0.6 is 11.6 Å². The van der Waals surface area contributed by atoms with Crippen molar-refractivity contribution in [2.45, 2.75) is 13.0 Å². The number of hydrogen-bond donors (Lipinski definition) is 1. The summed E-state index contributed by atoms with van der Waals surface area (Å²) in [6.45, 7) is 1.93. The lowest BCUT2D eigenvalue weighted by atomic mass is 10.1. The van der Waals surface area contributed by atoms with Crippen LogP contribution in [0.3, 0.4) is 0 Å². The van der Waals surface area contributed by atoms with Gasteiger partial charge in [-0.15, -0.1) is 0 Å². The first-order valence-electron chi connectivity index (χ1n) is 6.32. The Bertz CT molecular complexity index is 642. The maximum absolute atomic E-state index is 8.81. The van der Waals surface area contributed by atoms with Crippen molar-refractivity contribution in [2.75, 3.05) is 11.9 Å². The van der Waals surface area contributed by atoms with Crippen molar-refractivity contribution in [1.82, 2.24) is 0 Å². The maximum atomic E-state index is 8.81. The third-order valence-corrected chi connectivity index (χ3v) is 3.55. The molecule has 4 heteroatoms. The van der Waals surface area contributed by atoms with E-state index in [1.807, 2.05) is 49.2 Å². The van der Waals surface area contributed by atoms with Crippen molar-refractivity contribution in [2.24, 2.45) is 5.73 Å². The van der Waals surface area contributed by atoms with Gasteiger partial charge in [0.15, 0.2) is 0 Å². The third kappa shape index (κ3) is 2.93. The van der Waals surface area contributed by atoms with Gasteiger partial charge in [0.1, 0.15) is 0 Å². The SMILES string of the molecule is CC(N)c1ccc(N(C)c2ccc(C#N)cc2)c(Cl)c1. The van der Waals surface area contributed by atoms with Crippen molar-refractivity contribution in [3.05, 3.63) is 58.6 Å². The van der Waals surface area contributed by atoms with Crippen LogP contribution in [-0.4, -0.2) is 7.05 Å². The summed E-state index contributed by atoms with van der Waals surface area (Å²) in [6.07, 6.45) is 0. The van der Waals surface area contributed by atoms with Gasteiger partial charge >= 0.3 is 0 Å². The van der Waals surface area contributed by atoms with Gasteiger partial charge in [0.05, 0.1) is 22.3 Å². The number of nitriles is 1. The van der Waals surface area contributed by atoms with Gasteiger partial charge in [0.2, 0.25) is 0 Å². The Morgan fingerprint density at radius 3 is 2.35 bits per heavy atom. The smallest absolute Gasteiger partial charge is 0.0991 e. The Morgan fingerprint density at radius 1 is 1.20 bits per heavy atom. The molecule has 0 aromatic heterocycles. The molecule has 0 radical (unpaired) electrons. The highest BCUT2D eigenvalue weighted by Crippen LogP contribution is 2.32. The van der Waals surface area contributed by atoms with Gasteiger partial charge < -0.3 is 10.6 Å². The van der Waals surface area contributed by atoms with Crippen LogP contribution in [0.2, 0.25) is 5.02 Å². The van der Waals surface area contributed by atoms with E-state index < -0.39 is 0 Å². The monoisotopic (exact) mass is 285 g/mol. The standard InChI is InChI=1S/C16H16ClN3/c1-11(19)13-5-8-16(15(17)9-13)20(2)14-6-3-12(10-18)4-7-14/h3-9,11H,19H2,1-2H3. The largest absolute Gasteiger partial charge is 0.343 e. The van der Waals surface area contributed by atoms with E-state index >= 15 is 0 Å². The number of hydrogen-bond acceptors (Lipinski definition) is 3. The van der Waals surface area contributed by atoms with Crippen LogP contribution in [-0.2, 0) is 0 Å². The third-order valence-electron chi connectivity index (χ3n) is 3.24. The summed E-state index contributed by atoms with van der Waals surface area (Å²) in [5.74, 6) is 0. The Hall–Kier alpha value is -2.02. The molecule has 0 fully saturated rings. The number of anilines is 2. The van der Waals surface area contributed by atoms with Crippen molar-refractivity contribution in [3.8, 4) is 6.07 Å². The van der Waals surface area contributed by atoms with E-state index in [4.69, 9.17) is 22.6 Å². The molecule has 0 amide bonds. The van der Waals surface area contributed by atoms with Crippen LogP contribution in [0, 0.1) is 11.3 Å². The van der Waals surface area contributed by atoms with Crippen LogP contribution in [0.15, 0.2) is 42.5 Å². The molecule has 0 aliphatic carbocycles. The van der Waals surface area contributed by atoms with Gasteiger partial charge in [-0.05, 0) is 48.9 Å². The van der Waals surface area contributed by atoms with E-state index in [1.54, 1.807) is 12.1 Å². The minimum absolute atomic E-state index is 0.0400. The minimum atomic E-state index is -0.0400. The molecule has 2 rings (SSSR count). The molecule has 0 aliphatic heterocycles. The molecule has 0 aliphatic rings. The first-order valence-corrected chi connectivity index (χ1v) is 6.69. The van der Waals surface area contributed by atoms with Crippen molar-refractivity contribution in [1.29, 1.82) is 5.26 Å². The molecule has 0 heterocycles. The van der Waals surface area contributed by atoms with E-state index in [0.29, 0.717) is 10.6 Å². The zero-order valence-electron chi connectivity index (χ0n) is 11.5. The Kier molecular flexibility index (Phi) is 4.29. The van der Waals surface area contributed by atoms with Gasteiger partial charge in [-0.2, -0.15) is 5.26 Å². The summed E-state index contributed by atoms with van der Waals surface area (Å²) in [4.78, 5) is 1.98. The number of nitrogens with two attached hydrogens (primary N) is 1. The van der Waals surface area contributed by atoms with E-state index in [0.717, 1.165) is 16.9 Å². The van der Waals surface area contributed by atoms with Crippen molar-refractivity contribution < 1.29 is 0 Å². The summed E-state index contributed by atoms with van der Waals surface area (Å²) in [6, 6.07) is 15.3. The van der Waals surface area contributed by atoms with Crippen LogP contribution in [0.4, 0.5) is 11.4 Å². The second-order valence-corrected chi connectivity index (χ2v) is 5.12. The van der Waals surface area contributed by atoms with E-state index in [9.17, 15) is 0 Å². The molecule has 0 bridgehead atoms. The van der Waals surface area contributed by atoms with E-state index in [2.05, 4.69) is 6.07 Å². The quantitative estimate of drug-likeness (QED) is 0.927. The Labute approximate surface area is 124 Å². The summed E-state index contributed by atoms with van der Waals surface area (Å²) in [5.41, 5.74) is 9.37. The van der Waals surface area contributed by atoms with Crippen LogP contribution in [0.5, 0.6) is 0 Å². The summed E-state index contributed by atoms with van der Waals surface area (Å²) < 4.78 is 0. The van der Waals surface area contributed by atoms with Gasteiger partial charge in [-0.25, -0.2) is 0 Å². The summed E-state index contributed by atoms with van der Waals surface area (Å²) >= 11 is 6.33. The fraction of sp³-hybridized carbons (Fsp3) is 0.188. The zero-order valence-corrected chi connectivity index (χ0v) is 12.2. The molecule has 20 heavy (non-hydrogen) atoms. The second-order valence-electron chi connectivity index (χ2n) is 4.72. The molecule has 2 aromatic rings. The first-order chi connectivity index (χ1) is 9.52. The second kappa shape index (κ2) is 5.96. The molecule has 2 aromatic carbocycles. The highest BCUT2D eigenvalue weighted by Gasteiger charge is 2.10. The van der Waals surface area contributed by atoms with Gasteiger partial charge in [-0.3, -0.25) is 0 Å².